The fourth-order valence-electron chi connectivity index (χ4n) is 1.92. The Kier molecular flexibility index (Phi) is 3.87. The van der Waals surface area contributed by atoms with Crippen molar-refractivity contribution in [2.45, 2.75) is 12.3 Å². The molecule has 0 bridgehead atoms. The van der Waals surface area contributed by atoms with Crippen molar-refractivity contribution in [1.29, 1.82) is 0 Å². The number of aliphatic hydroxyl groups is 1. The average molecular weight is 303 g/mol. The van der Waals surface area contributed by atoms with Crippen LogP contribution in [-0.4, -0.2) is 5.11 Å². The van der Waals surface area contributed by atoms with E-state index in [0.29, 0.717) is 6.07 Å². The molecule has 0 aliphatic heterocycles. The highest BCUT2D eigenvalue weighted by atomic mass is 19.4. The normalized spacial score (nSPS) is 13.2. The minimum absolute atomic E-state index is 0.196. The first kappa shape index (κ1) is 15.2. The van der Waals surface area contributed by atoms with E-state index < -0.39 is 40.6 Å². The van der Waals surface area contributed by atoms with Gasteiger partial charge in [0.25, 0.3) is 0 Å². The summed E-state index contributed by atoms with van der Waals surface area (Å²) in [5.41, 5.74) is 3.08. The Morgan fingerprint density at radius 3 is 2.10 bits per heavy atom. The fraction of sp³-hybridized carbons (Fsp3) is 0.143. The van der Waals surface area contributed by atoms with Crippen molar-refractivity contribution in [3.8, 4) is 0 Å². The zero-order chi connectivity index (χ0) is 15.8. The fourth-order valence-corrected chi connectivity index (χ4v) is 1.92. The van der Waals surface area contributed by atoms with E-state index in [9.17, 15) is 27.1 Å². The van der Waals surface area contributed by atoms with E-state index in [4.69, 9.17) is 5.73 Å². The van der Waals surface area contributed by atoms with Gasteiger partial charge >= 0.3 is 6.18 Å². The maximum Gasteiger partial charge on any atom is 0.416 e. The third-order valence-electron chi connectivity index (χ3n) is 2.98. The molecule has 2 rings (SSSR count). The summed E-state index contributed by atoms with van der Waals surface area (Å²) in [4.78, 5) is 0. The minimum atomic E-state index is -4.66. The molecule has 0 fully saturated rings. The Hall–Kier alpha value is -2.15. The van der Waals surface area contributed by atoms with E-state index >= 15 is 0 Å². The molecule has 0 radical (unpaired) electrons. The molecular formula is C14H10F5NO. The first-order valence-corrected chi connectivity index (χ1v) is 5.80. The third kappa shape index (κ3) is 2.97. The molecule has 7 heteroatoms. The Morgan fingerprint density at radius 1 is 1.00 bits per heavy atom. The number of nitrogens with two attached hydrogens (primary N) is 1. The van der Waals surface area contributed by atoms with Gasteiger partial charge in [0.15, 0.2) is 0 Å². The van der Waals surface area contributed by atoms with Crippen molar-refractivity contribution < 1.29 is 27.1 Å². The average Bonchev–Trinajstić information content (AvgIpc) is 2.37. The summed E-state index contributed by atoms with van der Waals surface area (Å²) < 4.78 is 65.1. The summed E-state index contributed by atoms with van der Waals surface area (Å²) in [7, 11) is 0. The summed E-state index contributed by atoms with van der Waals surface area (Å²) in [5.74, 6) is -2.14. The number of alkyl halides is 3. The van der Waals surface area contributed by atoms with Crippen LogP contribution in [0.1, 0.15) is 22.8 Å². The van der Waals surface area contributed by atoms with Crippen molar-refractivity contribution in [3.63, 3.8) is 0 Å². The van der Waals surface area contributed by atoms with Crippen LogP contribution in [0.15, 0.2) is 36.4 Å². The van der Waals surface area contributed by atoms with Crippen LogP contribution in [0.25, 0.3) is 0 Å². The second-order valence-electron chi connectivity index (χ2n) is 4.38. The molecule has 0 amide bonds. The Balaban J connectivity index is 2.56. The molecule has 0 heterocycles. The summed E-state index contributed by atoms with van der Waals surface area (Å²) in [5, 5.41) is 10.00. The highest BCUT2D eigenvalue weighted by Crippen LogP contribution is 2.35. The lowest BCUT2D eigenvalue weighted by Gasteiger charge is -2.17. The predicted octanol–water partition coefficient (Wildman–Crippen LogP) is 3.65. The number of hydrogen-bond donors (Lipinski definition) is 2. The standard InChI is InChI=1S/C14H10F5NO/c15-9-2-1-3-10(16)12(9)13(21)8-6-7(14(17,18)19)4-5-11(8)20/h1-6,13,21H,20H2. The van der Waals surface area contributed by atoms with E-state index in [0.717, 1.165) is 30.3 Å². The highest BCUT2D eigenvalue weighted by molar-refractivity contribution is 5.53. The number of rotatable bonds is 2. The first-order valence-electron chi connectivity index (χ1n) is 5.80. The quantitative estimate of drug-likeness (QED) is 0.657. The van der Waals surface area contributed by atoms with Gasteiger partial charge < -0.3 is 10.8 Å². The summed E-state index contributed by atoms with van der Waals surface area (Å²) in [6.45, 7) is 0. The highest BCUT2D eigenvalue weighted by Gasteiger charge is 2.32. The zero-order valence-electron chi connectivity index (χ0n) is 10.5. The van der Waals surface area contributed by atoms with E-state index in [1.54, 1.807) is 0 Å². The van der Waals surface area contributed by atoms with Gasteiger partial charge in [-0.1, -0.05) is 6.07 Å². The molecule has 2 aromatic carbocycles. The molecule has 2 nitrogen and oxygen atoms in total. The second kappa shape index (κ2) is 5.33. The molecule has 1 unspecified atom stereocenters. The largest absolute Gasteiger partial charge is 0.416 e. The van der Waals surface area contributed by atoms with Crippen molar-refractivity contribution in [3.05, 3.63) is 64.7 Å². The molecule has 0 aliphatic carbocycles. The predicted molar refractivity (Wildman–Crippen MR) is 66.3 cm³/mol. The monoisotopic (exact) mass is 303 g/mol. The van der Waals surface area contributed by atoms with Gasteiger partial charge in [-0.2, -0.15) is 13.2 Å². The lowest BCUT2D eigenvalue weighted by molar-refractivity contribution is -0.137. The molecule has 0 saturated heterocycles. The number of benzene rings is 2. The number of aliphatic hydroxyl groups excluding tert-OH is 1. The number of nitrogen functional groups attached to an aromatic ring is 1. The van der Waals surface area contributed by atoms with Crippen molar-refractivity contribution in [2.75, 3.05) is 5.73 Å². The zero-order valence-corrected chi connectivity index (χ0v) is 10.5. The van der Waals surface area contributed by atoms with Gasteiger partial charge in [0.2, 0.25) is 0 Å². The SMILES string of the molecule is Nc1ccc(C(F)(F)F)cc1C(O)c1c(F)cccc1F. The van der Waals surface area contributed by atoms with Gasteiger partial charge in [-0.05, 0) is 30.3 Å². The van der Waals surface area contributed by atoms with Gasteiger partial charge in [-0.3, -0.25) is 0 Å². The number of anilines is 1. The minimum Gasteiger partial charge on any atom is -0.398 e. The van der Waals surface area contributed by atoms with Crippen LogP contribution in [0.5, 0.6) is 0 Å². The molecule has 1 atom stereocenters. The van der Waals surface area contributed by atoms with E-state index in [2.05, 4.69) is 0 Å². The number of halogens is 5. The molecule has 0 spiro atoms. The molecular weight excluding hydrogens is 293 g/mol. The van der Waals surface area contributed by atoms with Crippen LogP contribution in [0.2, 0.25) is 0 Å². The topological polar surface area (TPSA) is 46.2 Å². The molecule has 0 aromatic heterocycles. The van der Waals surface area contributed by atoms with Crippen LogP contribution >= 0.6 is 0 Å². The van der Waals surface area contributed by atoms with Crippen molar-refractivity contribution in [1.82, 2.24) is 0 Å². The van der Waals surface area contributed by atoms with Crippen molar-refractivity contribution in [2.24, 2.45) is 0 Å². The summed E-state index contributed by atoms with van der Waals surface area (Å²) in [6.07, 6.45) is -6.59. The van der Waals surface area contributed by atoms with E-state index in [1.807, 2.05) is 0 Å². The summed E-state index contributed by atoms with van der Waals surface area (Å²) >= 11 is 0. The van der Waals surface area contributed by atoms with Crippen LogP contribution in [0, 0.1) is 11.6 Å². The van der Waals surface area contributed by atoms with Crippen LogP contribution in [0.4, 0.5) is 27.6 Å². The van der Waals surface area contributed by atoms with Gasteiger partial charge in [0.05, 0.1) is 11.1 Å². The van der Waals surface area contributed by atoms with Crippen LogP contribution in [0.3, 0.4) is 0 Å². The van der Waals surface area contributed by atoms with Gasteiger partial charge in [-0.25, -0.2) is 8.78 Å². The lowest BCUT2D eigenvalue weighted by atomic mass is 9.97. The Morgan fingerprint density at radius 2 is 1.57 bits per heavy atom. The Labute approximate surface area is 116 Å². The van der Waals surface area contributed by atoms with Gasteiger partial charge in [0.1, 0.15) is 17.7 Å². The van der Waals surface area contributed by atoms with Crippen LogP contribution < -0.4 is 5.73 Å². The molecule has 0 saturated carbocycles. The van der Waals surface area contributed by atoms with E-state index in [-0.39, 0.29) is 5.69 Å². The molecule has 2 aromatic rings. The van der Waals surface area contributed by atoms with Crippen LogP contribution in [-0.2, 0) is 6.18 Å². The third-order valence-corrected chi connectivity index (χ3v) is 2.98. The molecule has 0 aliphatic rings. The second-order valence-corrected chi connectivity index (χ2v) is 4.38. The molecule has 112 valence electrons. The summed E-state index contributed by atoms with van der Waals surface area (Å²) in [6, 6.07) is 5.10. The van der Waals surface area contributed by atoms with Gasteiger partial charge in [-0.15, -0.1) is 0 Å². The van der Waals surface area contributed by atoms with Crippen molar-refractivity contribution >= 4 is 5.69 Å². The Bertz CT molecular complexity index is 649. The molecule has 21 heavy (non-hydrogen) atoms. The maximum atomic E-state index is 13.6. The molecule has 3 N–H and O–H groups in total. The smallest absolute Gasteiger partial charge is 0.398 e. The number of hydrogen-bond acceptors (Lipinski definition) is 2. The van der Waals surface area contributed by atoms with E-state index in [1.165, 1.54) is 0 Å². The first-order chi connectivity index (χ1) is 9.71. The maximum absolute atomic E-state index is 13.6. The van der Waals surface area contributed by atoms with Gasteiger partial charge in [0, 0.05) is 11.3 Å². The lowest BCUT2D eigenvalue weighted by Crippen LogP contribution is -2.11.